The lowest BCUT2D eigenvalue weighted by Gasteiger charge is -2.49. The van der Waals surface area contributed by atoms with Crippen LogP contribution in [0.25, 0.3) is 0 Å². The molecule has 156 valence electrons. The predicted molar refractivity (Wildman–Crippen MR) is 109 cm³/mol. The number of aliphatic carboxylic acids is 1. The Balaban J connectivity index is 1.44. The number of carboxylic acid groups (broad SMARTS) is 1. The highest BCUT2D eigenvalue weighted by Crippen LogP contribution is 2.41. The Hall–Kier alpha value is -2.86. The number of hydrogen-bond donors (Lipinski definition) is 2. The number of β-lactam (4-membered cyclic amide) rings is 1. The van der Waals surface area contributed by atoms with Crippen LogP contribution in [0.1, 0.15) is 5.56 Å². The molecule has 2 aliphatic heterocycles. The number of aromatic nitrogens is 4. The number of thioether (sulfide) groups is 2. The van der Waals surface area contributed by atoms with Gasteiger partial charge in [0, 0.05) is 18.6 Å². The number of amides is 2. The monoisotopic (exact) mass is 446 g/mol. The zero-order valence-corrected chi connectivity index (χ0v) is 17.5. The van der Waals surface area contributed by atoms with Crippen LogP contribution in [0.4, 0.5) is 0 Å². The highest BCUT2D eigenvalue weighted by Gasteiger charge is 2.54. The summed E-state index contributed by atoms with van der Waals surface area (Å²) < 4.78 is 1.50. The van der Waals surface area contributed by atoms with Gasteiger partial charge in [-0.15, -0.1) is 16.9 Å². The van der Waals surface area contributed by atoms with Gasteiger partial charge in [0.15, 0.2) is 0 Å². The standard InChI is InChI=1S/C18H18N6O4S2/c1-23-18(20-21-22-23)30-9-11-8-29-16-13(15(26)24(16)14(11)17(27)28)19-12(25)7-10-5-3-2-4-6-10/h2-6,13,16H,7-9H2,1H3,(H,19,25)(H,27,28)/t13-,16?/m0/s1. The van der Waals surface area contributed by atoms with Gasteiger partial charge in [0.2, 0.25) is 11.1 Å². The van der Waals surface area contributed by atoms with Gasteiger partial charge in [-0.3, -0.25) is 14.5 Å². The smallest absolute Gasteiger partial charge is 0.352 e. The normalized spacial score (nSPS) is 20.6. The summed E-state index contributed by atoms with van der Waals surface area (Å²) in [4.78, 5) is 38.2. The van der Waals surface area contributed by atoms with Crippen LogP contribution < -0.4 is 5.32 Å². The Bertz CT molecular complexity index is 1020. The number of hydrogen-bond acceptors (Lipinski definition) is 8. The summed E-state index contributed by atoms with van der Waals surface area (Å²) in [5.41, 5.74) is 1.46. The highest BCUT2D eigenvalue weighted by molar-refractivity contribution is 8.01. The topological polar surface area (TPSA) is 130 Å². The Morgan fingerprint density at radius 2 is 2.10 bits per heavy atom. The van der Waals surface area contributed by atoms with Crippen molar-refractivity contribution >= 4 is 41.3 Å². The second-order valence-corrected chi connectivity index (χ2v) is 8.80. The molecule has 30 heavy (non-hydrogen) atoms. The average molecular weight is 447 g/mol. The third kappa shape index (κ3) is 3.92. The maximum atomic E-state index is 12.7. The lowest BCUT2D eigenvalue weighted by molar-refractivity contribution is -0.150. The van der Waals surface area contributed by atoms with Gasteiger partial charge >= 0.3 is 5.97 Å². The van der Waals surface area contributed by atoms with E-state index < -0.39 is 23.3 Å². The molecule has 2 amide bonds. The van der Waals surface area contributed by atoms with Crippen molar-refractivity contribution in [2.75, 3.05) is 11.5 Å². The van der Waals surface area contributed by atoms with Crippen molar-refractivity contribution in [3.63, 3.8) is 0 Å². The molecule has 10 nitrogen and oxygen atoms in total. The largest absolute Gasteiger partial charge is 0.477 e. The molecular weight excluding hydrogens is 428 g/mol. The Kier molecular flexibility index (Phi) is 5.77. The van der Waals surface area contributed by atoms with Gasteiger partial charge in [-0.2, -0.15) is 0 Å². The molecule has 3 heterocycles. The maximum absolute atomic E-state index is 12.7. The molecule has 2 aliphatic rings. The molecule has 0 saturated carbocycles. The molecule has 1 unspecified atom stereocenters. The highest BCUT2D eigenvalue weighted by atomic mass is 32.2. The van der Waals surface area contributed by atoms with Crippen molar-refractivity contribution in [3.8, 4) is 0 Å². The second-order valence-electron chi connectivity index (χ2n) is 6.75. The SMILES string of the molecule is Cn1nnnc1SCC1=C(C(=O)O)N2C(=O)[C@H](NC(=O)Cc3ccccc3)C2SC1. The fourth-order valence-electron chi connectivity index (χ4n) is 3.30. The van der Waals surface area contributed by atoms with E-state index in [0.717, 1.165) is 5.56 Å². The fraction of sp³-hybridized carbons (Fsp3) is 0.333. The quantitative estimate of drug-likeness (QED) is 0.455. The Morgan fingerprint density at radius 1 is 1.33 bits per heavy atom. The first-order valence-electron chi connectivity index (χ1n) is 9.04. The van der Waals surface area contributed by atoms with Gasteiger partial charge in [-0.1, -0.05) is 42.1 Å². The van der Waals surface area contributed by atoms with Crippen LogP contribution in [0.3, 0.4) is 0 Å². The van der Waals surface area contributed by atoms with E-state index in [9.17, 15) is 19.5 Å². The number of nitrogens with one attached hydrogen (secondary N) is 1. The molecule has 0 bridgehead atoms. The summed E-state index contributed by atoms with van der Waals surface area (Å²) in [6.45, 7) is 0. The summed E-state index contributed by atoms with van der Waals surface area (Å²) in [6.07, 6.45) is 0.164. The Morgan fingerprint density at radius 3 is 2.77 bits per heavy atom. The molecular formula is C18H18N6O4S2. The number of aryl methyl sites for hydroxylation is 1. The second kappa shape index (κ2) is 8.48. The van der Waals surface area contributed by atoms with Crippen LogP contribution in [0.2, 0.25) is 0 Å². The average Bonchev–Trinajstić information content (AvgIpc) is 3.15. The van der Waals surface area contributed by atoms with E-state index in [1.165, 1.54) is 33.1 Å². The van der Waals surface area contributed by atoms with E-state index in [-0.39, 0.29) is 18.0 Å². The summed E-state index contributed by atoms with van der Waals surface area (Å²) in [5.74, 6) is -1.04. The molecule has 12 heteroatoms. The molecule has 1 fully saturated rings. The van der Waals surface area contributed by atoms with Crippen molar-refractivity contribution in [2.45, 2.75) is 23.0 Å². The summed E-state index contributed by atoms with van der Waals surface area (Å²) in [6, 6.07) is 8.51. The molecule has 0 radical (unpaired) electrons. The first kappa shape index (κ1) is 20.4. The minimum atomic E-state index is -1.16. The number of fused-ring (bicyclic) bond motifs is 1. The van der Waals surface area contributed by atoms with Crippen molar-refractivity contribution in [1.29, 1.82) is 0 Å². The molecule has 2 N–H and O–H groups in total. The number of carbonyl (C=O) groups excluding carboxylic acids is 2. The molecule has 1 saturated heterocycles. The van der Waals surface area contributed by atoms with Gasteiger partial charge in [0.05, 0.1) is 6.42 Å². The van der Waals surface area contributed by atoms with Crippen LogP contribution in [-0.4, -0.2) is 70.9 Å². The molecule has 4 rings (SSSR count). The van der Waals surface area contributed by atoms with Crippen molar-refractivity contribution < 1.29 is 19.5 Å². The van der Waals surface area contributed by atoms with Crippen LogP contribution in [0.15, 0.2) is 46.8 Å². The first-order valence-corrected chi connectivity index (χ1v) is 11.1. The van der Waals surface area contributed by atoms with Gasteiger partial charge < -0.3 is 10.4 Å². The fourth-order valence-corrected chi connectivity index (χ4v) is 5.63. The minimum Gasteiger partial charge on any atom is -0.477 e. The van der Waals surface area contributed by atoms with E-state index in [0.29, 0.717) is 22.2 Å². The maximum Gasteiger partial charge on any atom is 0.352 e. The number of carbonyl (C=O) groups is 3. The lowest BCUT2D eigenvalue weighted by Crippen LogP contribution is -2.70. The number of carboxylic acids is 1. The van der Waals surface area contributed by atoms with E-state index in [1.54, 1.807) is 7.05 Å². The zero-order valence-electron chi connectivity index (χ0n) is 15.9. The predicted octanol–water partition coefficient (Wildman–Crippen LogP) is 0.284. The van der Waals surface area contributed by atoms with Crippen LogP contribution >= 0.6 is 23.5 Å². The molecule has 0 spiro atoms. The number of rotatable bonds is 7. The lowest BCUT2D eigenvalue weighted by atomic mass is 10.0. The van der Waals surface area contributed by atoms with Gasteiger partial charge in [0.25, 0.3) is 5.91 Å². The molecule has 1 aromatic heterocycles. The zero-order chi connectivity index (χ0) is 21.3. The number of benzene rings is 1. The van der Waals surface area contributed by atoms with Crippen molar-refractivity contribution in [1.82, 2.24) is 30.4 Å². The summed E-state index contributed by atoms with van der Waals surface area (Å²) in [7, 11) is 1.70. The van der Waals surface area contributed by atoms with Crippen LogP contribution in [0.5, 0.6) is 0 Å². The molecule has 0 aliphatic carbocycles. The van der Waals surface area contributed by atoms with Gasteiger partial charge in [-0.25, -0.2) is 9.48 Å². The third-order valence-corrected chi connectivity index (χ3v) is 7.17. The first-order chi connectivity index (χ1) is 14.5. The summed E-state index contributed by atoms with van der Waals surface area (Å²) >= 11 is 2.75. The Labute approximate surface area is 180 Å². The van der Waals surface area contributed by atoms with Gasteiger partial charge in [-0.05, 0) is 21.6 Å². The van der Waals surface area contributed by atoms with Gasteiger partial charge in [0.1, 0.15) is 17.1 Å². The van der Waals surface area contributed by atoms with Crippen LogP contribution in [-0.2, 0) is 27.9 Å². The minimum absolute atomic E-state index is 0.0139. The van der Waals surface area contributed by atoms with E-state index in [4.69, 9.17) is 0 Å². The summed E-state index contributed by atoms with van der Waals surface area (Å²) in [5, 5.41) is 23.8. The number of nitrogens with zero attached hydrogens (tertiary/aromatic N) is 5. The van der Waals surface area contributed by atoms with Crippen LogP contribution in [0, 0.1) is 0 Å². The van der Waals surface area contributed by atoms with E-state index >= 15 is 0 Å². The van der Waals surface area contributed by atoms with Crippen molar-refractivity contribution in [3.05, 3.63) is 47.2 Å². The van der Waals surface area contributed by atoms with E-state index in [2.05, 4.69) is 20.8 Å². The molecule has 2 aromatic rings. The third-order valence-electron chi connectivity index (χ3n) is 4.73. The van der Waals surface area contributed by atoms with Crippen molar-refractivity contribution in [2.24, 2.45) is 7.05 Å². The number of tetrazole rings is 1. The molecule has 2 atom stereocenters. The van der Waals surface area contributed by atoms with E-state index in [1.807, 2.05) is 30.3 Å². The molecule has 1 aromatic carbocycles.